The summed E-state index contributed by atoms with van der Waals surface area (Å²) in [6, 6.07) is 10.3. The average Bonchev–Trinajstić information content (AvgIpc) is 2.83. The van der Waals surface area contributed by atoms with Crippen LogP contribution in [0, 0.1) is 10.1 Å². The van der Waals surface area contributed by atoms with Crippen LogP contribution in [-0.4, -0.2) is 9.91 Å². The lowest BCUT2D eigenvalue weighted by Gasteiger charge is -1.97. The molecule has 3 aromatic rings. The van der Waals surface area contributed by atoms with Crippen molar-refractivity contribution in [1.29, 1.82) is 0 Å². The molecule has 0 aliphatic rings. The number of non-ortho nitro benzene ring substituents is 1. The van der Waals surface area contributed by atoms with Gasteiger partial charge in [0.2, 0.25) is 5.95 Å². The molecule has 0 spiro atoms. The van der Waals surface area contributed by atoms with E-state index in [1.165, 1.54) is 6.07 Å². The highest BCUT2D eigenvalue weighted by atomic mass is 16.6. The highest BCUT2D eigenvalue weighted by molar-refractivity contribution is 5.84. The van der Waals surface area contributed by atoms with Crippen LogP contribution < -0.4 is 9.55 Å². The molecule has 0 saturated carbocycles. The highest BCUT2D eigenvalue weighted by Gasteiger charge is 2.16. The lowest BCUT2D eigenvalue weighted by atomic mass is 10.3. The molecule has 6 nitrogen and oxygen atoms in total. The zero-order valence-corrected chi connectivity index (χ0v) is 9.22. The van der Waals surface area contributed by atoms with Gasteiger partial charge in [-0.1, -0.05) is 12.1 Å². The van der Waals surface area contributed by atoms with Crippen LogP contribution in [0.4, 0.5) is 5.69 Å². The molecule has 0 fully saturated rings. The van der Waals surface area contributed by atoms with Gasteiger partial charge in [-0.15, -0.1) is 0 Å². The molecule has 3 rings (SSSR count). The van der Waals surface area contributed by atoms with E-state index in [2.05, 4.69) is 9.97 Å². The van der Waals surface area contributed by atoms with Crippen molar-refractivity contribution >= 4 is 16.7 Å². The largest absolute Gasteiger partial charge is 0.297 e. The van der Waals surface area contributed by atoms with Crippen LogP contribution in [0.5, 0.6) is 0 Å². The van der Waals surface area contributed by atoms with Crippen molar-refractivity contribution in [3.05, 3.63) is 58.9 Å². The topological polar surface area (TPSA) is 74.0 Å². The Labute approximate surface area is 102 Å². The number of nitro groups is 1. The first-order valence-electron chi connectivity index (χ1n) is 5.30. The maximum absolute atomic E-state index is 10.9. The summed E-state index contributed by atoms with van der Waals surface area (Å²) in [5, 5.41) is 10.9. The molecule has 88 valence electrons. The summed E-state index contributed by atoms with van der Waals surface area (Å²) in [5.41, 5.74) is 0.812. The van der Waals surface area contributed by atoms with Crippen molar-refractivity contribution in [2.75, 3.05) is 0 Å². The Kier molecular flexibility index (Phi) is 2.26. The summed E-state index contributed by atoms with van der Waals surface area (Å²) in [5.74, 6) is 0.430. The summed E-state index contributed by atoms with van der Waals surface area (Å²) in [6.45, 7) is 0. The molecule has 6 heteroatoms. The standard InChI is InChI=1S/C12H8N4O2/c17-16(18)10-6-4-5-9-11(10)14-12(13-9)15-7-2-1-3-8-15/h1-8H. The molecular weight excluding hydrogens is 232 g/mol. The molecule has 0 aliphatic carbocycles. The Hall–Kier alpha value is -2.76. The summed E-state index contributed by atoms with van der Waals surface area (Å²) in [6.07, 6.45) is 3.58. The summed E-state index contributed by atoms with van der Waals surface area (Å²) < 4.78 is 1.71. The minimum absolute atomic E-state index is 0.0252. The maximum Gasteiger partial charge on any atom is 0.297 e. The molecule has 0 aliphatic heterocycles. The molecule has 0 unspecified atom stereocenters. The third-order valence-electron chi connectivity index (χ3n) is 2.57. The molecule has 0 bridgehead atoms. The van der Waals surface area contributed by atoms with Crippen molar-refractivity contribution in [2.45, 2.75) is 0 Å². The van der Waals surface area contributed by atoms with Gasteiger partial charge in [0.1, 0.15) is 0 Å². The van der Waals surface area contributed by atoms with E-state index in [0.29, 0.717) is 17.0 Å². The number of fused-ring (bicyclic) bond motifs is 1. The van der Waals surface area contributed by atoms with Gasteiger partial charge in [0.25, 0.3) is 5.69 Å². The predicted molar refractivity (Wildman–Crippen MR) is 63.2 cm³/mol. The van der Waals surface area contributed by atoms with E-state index in [-0.39, 0.29) is 5.69 Å². The van der Waals surface area contributed by atoms with Gasteiger partial charge in [-0.3, -0.25) is 14.7 Å². The van der Waals surface area contributed by atoms with Crippen molar-refractivity contribution in [3.8, 4) is 5.95 Å². The zero-order valence-electron chi connectivity index (χ0n) is 9.22. The zero-order chi connectivity index (χ0) is 12.5. The Morgan fingerprint density at radius 1 is 1.17 bits per heavy atom. The summed E-state index contributed by atoms with van der Waals surface area (Å²) in [4.78, 5) is 18.9. The monoisotopic (exact) mass is 240 g/mol. The molecule has 0 N–H and O–H groups in total. The van der Waals surface area contributed by atoms with Crippen LogP contribution in [0.25, 0.3) is 17.0 Å². The third kappa shape index (κ3) is 1.60. The second-order valence-corrected chi connectivity index (χ2v) is 3.71. The van der Waals surface area contributed by atoms with Crippen molar-refractivity contribution in [3.63, 3.8) is 0 Å². The number of nitrogens with zero attached hydrogens (tertiary/aromatic N) is 4. The Balaban J connectivity index is 2.23. The number of pyridine rings is 1. The Morgan fingerprint density at radius 3 is 2.67 bits per heavy atom. The molecule has 2 heterocycles. The van der Waals surface area contributed by atoms with E-state index in [1.807, 2.05) is 18.2 Å². The minimum atomic E-state index is -0.448. The van der Waals surface area contributed by atoms with Gasteiger partial charge >= 0.3 is 0 Å². The smallest absolute Gasteiger partial charge is 0.293 e. The minimum Gasteiger partial charge on any atom is -0.293 e. The number of para-hydroxylation sites is 1. The van der Waals surface area contributed by atoms with E-state index >= 15 is 0 Å². The fraction of sp³-hybridized carbons (Fsp3) is 0. The molecule has 0 saturated heterocycles. The number of hydrogen-bond donors (Lipinski definition) is 0. The van der Waals surface area contributed by atoms with E-state index < -0.39 is 4.92 Å². The van der Waals surface area contributed by atoms with Gasteiger partial charge in [-0.2, -0.15) is 0 Å². The predicted octanol–water partition coefficient (Wildman–Crippen LogP) is 1.38. The van der Waals surface area contributed by atoms with Crippen molar-refractivity contribution in [2.24, 2.45) is 0 Å². The number of imidazole rings is 1. The second-order valence-electron chi connectivity index (χ2n) is 3.71. The molecule has 1 aromatic carbocycles. The van der Waals surface area contributed by atoms with Crippen LogP contribution in [0.15, 0.2) is 48.8 Å². The Morgan fingerprint density at radius 2 is 1.94 bits per heavy atom. The molecule has 0 radical (unpaired) electrons. The van der Waals surface area contributed by atoms with Crippen molar-refractivity contribution < 1.29 is 9.49 Å². The average molecular weight is 240 g/mol. The molecule has 2 aromatic heterocycles. The lowest BCUT2D eigenvalue weighted by Crippen LogP contribution is -2.31. The maximum atomic E-state index is 10.9. The lowest BCUT2D eigenvalue weighted by molar-refractivity contribution is -0.603. The molecule has 0 atom stereocenters. The third-order valence-corrected chi connectivity index (χ3v) is 2.57. The molecular formula is C12H8N4O2. The summed E-state index contributed by atoms with van der Waals surface area (Å²) in [7, 11) is 0. The van der Waals surface area contributed by atoms with Gasteiger partial charge in [0, 0.05) is 18.5 Å². The van der Waals surface area contributed by atoms with Crippen LogP contribution >= 0.6 is 0 Å². The quantitative estimate of drug-likeness (QED) is 0.385. The Bertz CT molecular complexity index is 721. The van der Waals surface area contributed by atoms with E-state index in [1.54, 1.807) is 29.1 Å². The van der Waals surface area contributed by atoms with Crippen LogP contribution in [-0.2, 0) is 0 Å². The first-order valence-corrected chi connectivity index (χ1v) is 5.30. The first-order chi connectivity index (χ1) is 8.75. The number of nitro benzene ring substituents is 1. The van der Waals surface area contributed by atoms with Gasteiger partial charge in [-0.25, -0.2) is 9.97 Å². The van der Waals surface area contributed by atoms with Crippen LogP contribution in [0.3, 0.4) is 0 Å². The van der Waals surface area contributed by atoms with Crippen molar-refractivity contribution in [1.82, 2.24) is 9.97 Å². The molecule has 18 heavy (non-hydrogen) atoms. The van der Waals surface area contributed by atoms with Gasteiger partial charge in [-0.05, 0) is 18.2 Å². The number of rotatable bonds is 2. The van der Waals surface area contributed by atoms with Gasteiger partial charge in [0.15, 0.2) is 5.52 Å². The van der Waals surface area contributed by atoms with E-state index in [9.17, 15) is 10.1 Å². The fourth-order valence-electron chi connectivity index (χ4n) is 1.75. The number of hydrogen-bond acceptors (Lipinski definition) is 3. The van der Waals surface area contributed by atoms with E-state index in [0.717, 1.165) is 0 Å². The summed E-state index contributed by atoms with van der Waals surface area (Å²) >= 11 is 0. The van der Waals surface area contributed by atoms with Crippen LogP contribution in [0.2, 0.25) is 0 Å². The highest BCUT2D eigenvalue weighted by Crippen LogP contribution is 2.22. The van der Waals surface area contributed by atoms with E-state index in [4.69, 9.17) is 0 Å². The SMILES string of the molecule is O=[N+]([O-])c1cccc2nc(-[n+]3ccccc3)[n-]c12. The number of aromatic nitrogens is 3. The van der Waals surface area contributed by atoms with Gasteiger partial charge < -0.3 is 0 Å². The molecule has 0 amide bonds. The number of benzene rings is 1. The fourth-order valence-corrected chi connectivity index (χ4v) is 1.75. The second kappa shape index (κ2) is 3.92. The normalized spacial score (nSPS) is 10.7. The first kappa shape index (κ1) is 10.4. The van der Waals surface area contributed by atoms with Gasteiger partial charge in [0.05, 0.1) is 10.4 Å². The van der Waals surface area contributed by atoms with Crippen LogP contribution in [0.1, 0.15) is 0 Å².